The zero-order chi connectivity index (χ0) is 19.2. The molecule has 1 fully saturated rings. The number of carbonyl (C=O) groups is 1. The lowest BCUT2D eigenvalue weighted by atomic mass is 9.82. The second-order valence-corrected chi connectivity index (χ2v) is 8.17. The van der Waals surface area contributed by atoms with Crippen molar-refractivity contribution < 1.29 is 14.6 Å². The lowest BCUT2D eigenvalue weighted by Gasteiger charge is -2.31. The number of ether oxygens (including phenoxy) is 1. The van der Waals surface area contributed by atoms with Gasteiger partial charge in [-0.2, -0.15) is 0 Å². The summed E-state index contributed by atoms with van der Waals surface area (Å²) in [5.41, 5.74) is 2.68. The summed E-state index contributed by atoms with van der Waals surface area (Å²) in [5, 5.41) is 12.1. The number of aliphatic hydroxyl groups is 1. The number of hydrogen-bond acceptors (Lipinski definition) is 3. The minimum absolute atomic E-state index is 0.0607. The number of halogens is 2. The number of aryl methyl sites for hydroxylation is 1. The van der Waals surface area contributed by atoms with Gasteiger partial charge in [-0.05, 0) is 73.6 Å². The van der Waals surface area contributed by atoms with Crippen molar-refractivity contribution in [3.63, 3.8) is 0 Å². The molecule has 2 aromatic rings. The zero-order valence-electron chi connectivity index (χ0n) is 15.0. The third-order valence-electron chi connectivity index (χ3n) is 5.56. The van der Waals surface area contributed by atoms with E-state index < -0.39 is 11.6 Å². The van der Waals surface area contributed by atoms with Crippen molar-refractivity contribution in [3.05, 3.63) is 63.3 Å². The Morgan fingerprint density at radius 1 is 1.00 bits per heavy atom. The highest BCUT2D eigenvalue weighted by Crippen LogP contribution is 2.46. The van der Waals surface area contributed by atoms with Crippen LogP contribution in [0.4, 0.5) is 0 Å². The summed E-state index contributed by atoms with van der Waals surface area (Å²) in [5.74, 6) is -0.404. The highest BCUT2D eigenvalue weighted by Gasteiger charge is 2.49. The van der Waals surface area contributed by atoms with Crippen LogP contribution in [0.15, 0.2) is 42.2 Å². The van der Waals surface area contributed by atoms with Crippen LogP contribution in [-0.2, 0) is 9.53 Å². The summed E-state index contributed by atoms with van der Waals surface area (Å²) in [7, 11) is 0. The number of carbonyl (C=O) groups excluding carboxylic acids is 1. The summed E-state index contributed by atoms with van der Waals surface area (Å²) in [6.07, 6.45) is 4.33. The molecule has 3 nitrogen and oxygen atoms in total. The molecule has 0 aromatic heterocycles. The van der Waals surface area contributed by atoms with Crippen molar-refractivity contribution in [2.45, 2.75) is 44.6 Å². The van der Waals surface area contributed by atoms with Crippen molar-refractivity contribution in [2.24, 2.45) is 0 Å². The fourth-order valence-corrected chi connectivity index (χ4v) is 4.50. The van der Waals surface area contributed by atoms with Gasteiger partial charge in [0, 0.05) is 15.6 Å². The normalized spacial score (nSPS) is 18.9. The molecule has 0 amide bonds. The van der Waals surface area contributed by atoms with Gasteiger partial charge in [-0.15, -0.1) is 0 Å². The summed E-state index contributed by atoms with van der Waals surface area (Å²) >= 11 is 12.5. The molecule has 2 aromatic carbocycles. The van der Waals surface area contributed by atoms with Crippen LogP contribution in [-0.4, -0.2) is 16.7 Å². The van der Waals surface area contributed by atoms with Crippen LogP contribution in [0.2, 0.25) is 10.0 Å². The lowest BCUT2D eigenvalue weighted by molar-refractivity contribution is -0.149. The second-order valence-electron chi connectivity index (χ2n) is 7.32. The fourth-order valence-electron chi connectivity index (χ4n) is 4.10. The first kappa shape index (κ1) is 18.4. The SMILES string of the molecule is Cc1cc(-c2ccc(Cl)cc2)c(Cl)cc1C1=C(O)C2(CCCCC2)OC1=O. The molecule has 1 aliphatic carbocycles. The van der Waals surface area contributed by atoms with E-state index in [1.54, 1.807) is 6.07 Å². The first-order valence-corrected chi connectivity index (χ1v) is 9.90. The average Bonchev–Trinajstić information content (AvgIpc) is 2.88. The van der Waals surface area contributed by atoms with E-state index in [1.807, 2.05) is 37.3 Å². The first-order chi connectivity index (χ1) is 12.9. The van der Waals surface area contributed by atoms with E-state index >= 15 is 0 Å². The molecule has 4 rings (SSSR count). The van der Waals surface area contributed by atoms with Crippen LogP contribution < -0.4 is 0 Å². The van der Waals surface area contributed by atoms with Gasteiger partial charge in [0.25, 0.3) is 0 Å². The predicted octanol–water partition coefficient (Wildman–Crippen LogP) is 6.50. The molecule has 2 aliphatic rings. The summed E-state index contributed by atoms with van der Waals surface area (Å²) in [4.78, 5) is 12.6. The number of benzene rings is 2. The monoisotopic (exact) mass is 402 g/mol. The van der Waals surface area contributed by atoms with Crippen LogP contribution >= 0.6 is 23.2 Å². The third kappa shape index (κ3) is 3.13. The molecule has 1 N–H and O–H groups in total. The Morgan fingerprint density at radius 3 is 2.33 bits per heavy atom. The minimum Gasteiger partial charge on any atom is -0.507 e. The Kier molecular flexibility index (Phi) is 4.69. The molecule has 0 unspecified atom stereocenters. The van der Waals surface area contributed by atoms with Gasteiger partial charge in [-0.1, -0.05) is 41.8 Å². The smallest absolute Gasteiger partial charge is 0.343 e. The van der Waals surface area contributed by atoms with Crippen molar-refractivity contribution in [2.75, 3.05) is 0 Å². The van der Waals surface area contributed by atoms with E-state index in [1.165, 1.54) is 0 Å². The molecule has 0 radical (unpaired) electrons. The number of hydrogen-bond donors (Lipinski definition) is 1. The van der Waals surface area contributed by atoms with Gasteiger partial charge in [0.05, 0.1) is 0 Å². The van der Waals surface area contributed by atoms with Crippen LogP contribution in [0, 0.1) is 6.92 Å². The zero-order valence-corrected chi connectivity index (χ0v) is 16.5. The summed E-state index contributed by atoms with van der Waals surface area (Å²) in [6.45, 7) is 1.91. The molecule has 0 bridgehead atoms. The van der Waals surface area contributed by atoms with Crippen LogP contribution in [0.3, 0.4) is 0 Å². The molecule has 1 heterocycles. The molecule has 5 heteroatoms. The fraction of sp³-hybridized carbons (Fsp3) is 0.318. The molecule has 1 aliphatic heterocycles. The maximum atomic E-state index is 12.6. The predicted molar refractivity (Wildman–Crippen MR) is 108 cm³/mol. The summed E-state index contributed by atoms with van der Waals surface area (Å²) < 4.78 is 5.67. The summed E-state index contributed by atoms with van der Waals surface area (Å²) in [6, 6.07) is 11.1. The van der Waals surface area contributed by atoms with Gasteiger partial charge in [-0.25, -0.2) is 4.79 Å². The minimum atomic E-state index is -0.849. The Hall–Kier alpha value is -1.97. The first-order valence-electron chi connectivity index (χ1n) is 9.15. The lowest BCUT2D eigenvalue weighted by Crippen LogP contribution is -2.34. The van der Waals surface area contributed by atoms with Gasteiger partial charge >= 0.3 is 5.97 Å². The molecule has 0 atom stereocenters. The Bertz CT molecular complexity index is 939. The van der Waals surface area contributed by atoms with E-state index in [2.05, 4.69) is 0 Å². The number of rotatable bonds is 2. The van der Waals surface area contributed by atoms with E-state index in [0.29, 0.717) is 28.5 Å². The van der Waals surface area contributed by atoms with Crippen molar-refractivity contribution in [1.82, 2.24) is 0 Å². The second kappa shape index (κ2) is 6.88. The largest absolute Gasteiger partial charge is 0.507 e. The maximum absolute atomic E-state index is 12.6. The highest BCUT2D eigenvalue weighted by atomic mass is 35.5. The van der Waals surface area contributed by atoms with Crippen molar-refractivity contribution in [3.8, 4) is 11.1 Å². The van der Waals surface area contributed by atoms with Crippen LogP contribution in [0.25, 0.3) is 16.7 Å². The van der Waals surface area contributed by atoms with Gasteiger partial charge in [0.2, 0.25) is 0 Å². The molecular weight excluding hydrogens is 383 g/mol. The van der Waals surface area contributed by atoms with E-state index in [-0.39, 0.29) is 11.3 Å². The quantitative estimate of drug-likeness (QED) is 0.583. The van der Waals surface area contributed by atoms with Gasteiger partial charge in [0.15, 0.2) is 11.4 Å². The van der Waals surface area contributed by atoms with Gasteiger partial charge in [0.1, 0.15) is 5.57 Å². The van der Waals surface area contributed by atoms with E-state index in [0.717, 1.165) is 36.0 Å². The third-order valence-corrected chi connectivity index (χ3v) is 6.13. The molecule has 27 heavy (non-hydrogen) atoms. The van der Waals surface area contributed by atoms with Crippen LogP contribution in [0.1, 0.15) is 43.2 Å². The molecular formula is C22H20Cl2O3. The Morgan fingerprint density at radius 2 is 1.67 bits per heavy atom. The van der Waals surface area contributed by atoms with E-state index in [9.17, 15) is 9.90 Å². The Labute approximate surface area is 168 Å². The highest BCUT2D eigenvalue weighted by molar-refractivity contribution is 6.34. The Balaban J connectivity index is 1.79. The van der Waals surface area contributed by atoms with Crippen molar-refractivity contribution >= 4 is 34.7 Å². The number of esters is 1. The molecule has 1 saturated carbocycles. The topological polar surface area (TPSA) is 46.5 Å². The van der Waals surface area contributed by atoms with Crippen LogP contribution in [0.5, 0.6) is 0 Å². The van der Waals surface area contributed by atoms with Crippen molar-refractivity contribution in [1.29, 1.82) is 0 Å². The average molecular weight is 403 g/mol. The maximum Gasteiger partial charge on any atom is 0.343 e. The molecule has 1 spiro atoms. The van der Waals surface area contributed by atoms with Gasteiger partial charge in [-0.3, -0.25) is 0 Å². The molecule has 140 valence electrons. The number of aliphatic hydroxyl groups excluding tert-OH is 1. The van der Waals surface area contributed by atoms with Gasteiger partial charge < -0.3 is 9.84 Å². The van der Waals surface area contributed by atoms with E-state index in [4.69, 9.17) is 27.9 Å². The standard InChI is InChI=1S/C22H20Cl2O3/c1-13-11-17(14-5-7-15(23)8-6-14)18(24)12-16(13)19-20(25)22(27-21(19)26)9-3-2-4-10-22/h5-8,11-12,25H,2-4,9-10H2,1H3. The molecule has 0 saturated heterocycles.